The van der Waals surface area contributed by atoms with Gasteiger partial charge >= 0.3 is 10.2 Å². The van der Waals surface area contributed by atoms with Crippen LogP contribution in [0.4, 0.5) is 9.57 Å². The Hall–Kier alpha value is -2.22. The summed E-state index contributed by atoms with van der Waals surface area (Å²) in [5, 5.41) is 5.73. The van der Waals surface area contributed by atoms with Gasteiger partial charge in [0.2, 0.25) is 0 Å². The first-order valence-electron chi connectivity index (χ1n) is 5.16. The van der Waals surface area contributed by atoms with Gasteiger partial charge in [0.25, 0.3) is 5.91 Å². The Morgan fingerprint density at radius 1 is 1.37 bits per heavy atom. The molecule has 0 radical (unpaired) electrons. The minimum Gasteiger partial charge on any atom is -0.361 e. The van der Waals surface area contributed by atoms with E-state index < -0.39 is 21.0 Å². The lowest BCUT2D eigenvalue weighted by atomic mass is 10.2. The van der Waals surface area contributed by atoms with Crippen molar-refractivity contribution in [3.8, 4) is 0 Å². The quantitative estimate of drug-likeness (QED) is 0.869. The Morgan fingerprint density at radius 2 is 2.05 bits per heavy atom. The van der Waals surface area contributed by atoms with E-state index in [9.17, 15) is 17.1 Å². The zero-order valence-corrected chi connectivity index (χ0v) is 10.6. The Morgan fingerprint density at radius 3 is 2.63 bits per heavy atom. The molecule has 100 valence electrons. The average molecular weight is 284 g/mol. The lowest BCUT2D eigenvalue weighted by Crippen LogP contribution is -2.14. The van der Waals surface area contributed by atoms with E-state index in [4.69, 9.17) is 4.52 Å². The number of anilines is 1. The lowest BCUT2D eigenvalue weighted by molar-refractivity contribution is 0.102. The van der Waals surface area contributed by atoms with Gasteiger partial charge in [-0.2, -0.15) is 8.42 Å². The number of carbonyl (C=O) groups is 1. The fourth-order valence-electron chi connectivity index (χ4n) is 1.49. The summed E-state index contributed by atoms with van der Waals surface area (Å²) < 4.78 is 39.6. The first-order valence-corrected chi connectivity index (χ1v) is 6.54. The van der Waals surface area contributed by atoms with Crippen LogP contribution in [0.1, 0.15) is 16.1 Å². The van der Waals surface area contributed by atoms with E-state index in [1.807, 2.05) is 0 Å². The van der Waals surface area contributed by atoms with Crippen molar-refractivity contribution in [2.75, 3.05) is 5.32 Å². The summed E-state index contributed by atoms with van der Waals surface area (Å²) in [6.07, 6.45) is 1.19. The second-order valence-electron chi connectivity index (χ2n) is 3.68. The van der Waals surface area contributed by atoms with E-state index in [0.717, 1.165) is 6.07 Å². The number of halogens is 1. The molecular formula is C11H9FN2O4S. The molecule has 0 aliphatic rings. The van der Waals surface area contributed by atoms with E-state index in [-0.39, 0.29) is 17.0 Å². The monoisotopic (exact) mass is 284 g/mol. The zero-order chi connectivity index (χ0) is 14.0. The van der Waals surface area contributed by atoms with E-state index >= 15 is 0 Å². The number of aromatic nitrogens is 1. The summed E-state index contributed by atoms with van der Waals surface area (Å²) in [4.78, 5) is 11.2. The molecule has 1 aromatic carbocycles. The van der Waals surface area contributed by atoms with Crippen LogP contribution in [0, 0.1) is 6.92 Å². The van der Waals surface area contributed by atoms with Crippen LogP contribution in [0.25, 0.3) is 0 Å². The molecule has 0 bridgehead atoms. The Kier molecular flexibility index (Phi) is 3.34. The number of aryl methyl sites for hydroxylation is 1. The number of para-hydroxylation sites is 1. The number of benzene rings is 1. The van der Waals surface area contributed by atoms with Gasteiger partial charge in [0.15, 0.2) is 0 Å². The van der Waals surface area contributed by atoms with Crippen molar-refractivity contribution in [3.05, 3.63) is 41.8 Å². The predicted molar refractivity (Wildman–Crippen MR) is 63.9 cm³/mol. The predicted octanol–water partition coefficient (Wildman–Crippen LogP) is 1.89. The van der Waals surface area contributed by atoms with Crippen LogP contribution in [-0.2, 0) is 10.2 Å². The van der Waals surface area contributed by atoms with Crippen molar-refractivity contribution in [1.82, 2.24) is 5.16 Å². The first-order chi connectivity index (χ1) is 8.89. The molecule has 2 rings (SSSR count). The maximum absolute atomic E-state index is 13.0. The Labute approximate surface area is 108 Å². The highest BCUT2D eigenvalue weighted by atomic mass is 32.3. The van der Waals surface area contributed by atoms with Gasteiger partial charge < -0.3 is 9.84 Å². The van der Waals surface area contributed by atoms with Crippen LogP contribution < -0.4 is 5.32 Å². The number of rotatable bonds is 3. The third-order valence-electron chi connectivity index (χ3n) is 2.39. The van der Waals surface area contributed by atoms with Crippen molar-refractivity contribution in [1.29, 1.82) is 0 Å². The summed E-state index contributed by atoms with van der Waals surface area (Å²) in [6, 6.07) is 5.18. The summed E-state index contributed by atoms with van der Waals surface area (Å²) in [6.45, 7) is 1.53. The minimum atomic E-state index is -4.91. The lowest BCUT2D eigenvalue weighted by Gasteiger charge is -2.07. The van der Waals surface area contributed by atoms with Gasteiger partial charge in [-0.05, 0) is 19.1 Å². The van der Waals surface area contributed by atoms with Gasteiger partial charge in [-0.15, -0.1) is 3.89 Å². The third kappa shape index (κ3) is 2.79. The highest BCUT2D eigenvalue weighted by molar-refractivity contribution is 7.86. The van der Waals surface area contributed by atoms with Crippen molar-refractivity contribution in [3.63, 3.8) is 0 Å². The second kappa shape index (κ2) is 4.81. The Balaban J connectivity index is 2.35. The smallest absolute Gasteiger partial charge is 0.334 e. The molecule has 19 heavy (non-hydrogen) atoms. The molecule has 1 heterocycles. The van der Waals surface area contributed by atoms with Gasteiger partial charge in [-0.25, -0.2) is 0 Å². The fraction of sp³-hybridized carbons (Fsp3) is 0.0909. The standard InChI is InChI=1S/C11H9FN2O4S/c1-7-8(6-13-18-7)11(15)14-9-4-2-3-5-10(9)19(12,16)17/h2-6H,1H3,(H,14,15). The van der Waals surface area contributed by atoms with Crippen molar-refractivity contribution in [2.24, 2.45) is 0 Å². The molecule has 0 spiro atoms. The molecule has 1 N–H and O–H groups in total. The Bertz CT molecular complexity index is 724. The van der Waals surface area contributed by atoms with Gasteiger partial charge in [-0.1, -0.05) is 17.3 Å². The van der Waals surface area contributed by atoms with Crippen LogP contribution >= 0.6 is 0 Å². The zero-order valence-electron chi connectivity index (χ0n) is 9.75. The normalized spacial score (nSPS) is 11.3. The van der Waals surface area contributed by atoms with Gasteiger partial charge in [0.1, 0.15) is 16.2 Å². The van der Waals surface area contributed by atoms with Crippen LogP contribution in [-0.4, -0.2) is 19.5 Å². The number of hydrogen-bond donors (Lipinski definition) is 1. The van der Waals surface area contributed by atoms with E-state index in [1.165, 1.54) is 31.3 Å². The number of nitrogens with one attached hydrogen (secondary N) is 1. The maximum Gasteiger partial charge on any atom is 0.334 e. The van der Waals surface area contributed by atoms with Crippen molar-refractivity contribution in [2.45, 2.75) is 11.8 Å². The first kappa shape index (κ1) is 13.2. The van der Waals surface area contributed by atoms with Gasteiger partial charge in [0, 0.05) is 0 Å². The largest absolute Gasteiger partial charge is 0.361 e. The van der Waals surface area contributed by atoms with E-state index in [1.54, 1.807) is 0 Å². The summed E-state index contributed by atoms with van der Waals surface area (Å²) in [5.41, 5.74) is 0.00154. The molecule has 1 amide bonds. The average Bonchev–Trinajstić information content (AvgIpc) is 2.75. The molecule has 0 aliphatic carbocycles. The summed E-state index contributed by atoms with van der Waals surface area (Å²) in [5.74, 6) is -0.354. The third-order valence-corrected chi connectivity index (χ3v) is 3.27. The second-order valence-corrected chi connectivity index (χ2v) is 5.00. The minimum absolute atomic E-state index is 0.143. The fourth-order valence-corrected chi connectivity index (χ4v) is 2.11. The van der Waals surface area contributed by atoms with Gasteiger partial charge in [-0.3, -0.25) is 4.79 Å². The molecule has 1 aromatic heterocycles. The number of hydrogen-bond acceptors (Lipinski definition) is 5. The van der Waals surface area contributed by atoms with Crippen LogP contribution in [0.5, 0.6) is 0 Å². The molecule has 8 heteroatoms. The van der Waals surface area contributed by atoms with E-state index in [2.05, 4.69) is 10.5 Å². The summed E-state index contributed by atoms with van der Waals surface area (Å²) >= 11 is 0. The molecule has 2 aromatic rings. The highest BCUT2D eigenvalue weighted by Gasteiger charge is 2.20. The molecule has 6 nitrogen and oxygen atoms in total. The van der Waals surface area contributed by atoms with Crippen molar-refractivity contribution >= 4 is 21.8 Å². The molecular weight excluding hydrogens is 275 g/mol. The van der Waals surface area contributed by atoms with Crippen LogP contribution in [0.15, 0.2) is 39.9 Å². The molecule has 0 unspecified atom stereocenters. The van der Waals surface area contributed by atoms with E-state index in [0.29, 0.717) is 0 Å². The number of nitrogens with zero attached hydrogens (tertiary/aromatic N) is 1. The highest BCUT2D eigenvalue weighted by Crippen LogP contribution is 2.23. The molecule has 0 aliphatic heterocycles. The van der Waals surface area contributed by atoms with Gasteiger partial charge in [0.05, 0.1) is 11.9 Å². The molecule has 0 saturated heterocycles. The molecule has 0 fully saturated rings. The summed E-state index contributed by atoms with van der Waals surface area (Å²) in [7, 11) is -4.91. The maximum atomic E-state index is 13.0. The molecule has 0 saturated carbocycles. The number of amides is 1. The van der Waals surface area contributed by atoms with Crippen LogP contribution in [0.3, 0.4) is 0 Å². The SMILES string of the molecule is Cc1oncc1C(=O)Nc1ccccc1S(=O)(=O)F. The topological polar surface area (TPSA) is 89.3 Å². The number of carbonyl (C=O) groups excluding carboxylic acids is 1. The van der Waals surface area contributed by atoms with Crippen LogP contribution in [0.2, 0.25) is 0 Å². The molecule has 0 atom stereocenters. The van der Waals surface area contributed by atoms with Crippen molar-refractivity contribution < 1.29 is 21.6 Å².